The van der Waals surface area contributed by atoms with E-state index >= 15 is 0 Å². The van der Waals surface area contributed by atoms with Crippen LogP contribution in [0.25, 0.3) is 0 Å². The molecule has 1 amide bonds. The van der Waals surface area contributed by atoms with Crippen molar-refractivity contribution in [2.75, 3.05) is 38.2 Å². The molecular weight excluding hydrogens is 274 g/mol. The topological polar surface area (TPSA) is 83.0 Å². The average Bonchev–Trinajstić information content (AvgIpc) is 2.53. The fraction of sp³-hybridized carbons (Fsp3) is 0.500. The standard InChI is InChI=1S/C14H19N3O4/c1-21-13(18)3-2-11-4-5-15-12(10-11)16-6-8-17(9-7-16)14(19)20/h4-5,10H,2-3,6-9H2,1H3,(H,19,20). The van der Waals surface area contributed by atoms with Gasteiger partial charge < -0.3 is 19.6 Å². The number of hydrogen-bond donors (Lipinski definition) is 1. The second-order valence-electron chi connectivity index (χ2n) is 4.86. The van der Waals surface area contributed by atoms with E-state index in [0.29, 0.717) is 39.0 Å². The molecule has 2 rings (SSSR count). The van der Waals surface area contributed by atoms with Gasteiger partial charge in [0.15, 0.2) is 0 Å². The summed E-state index contributed by atoms with van der Waals surface area (Å²) in [6, 6.07) is 3.82. The molecule has 7 nitrogen and oxygen atoms in total. The summed E-state index contributed by atoms with van der Waals surface area (Å²) in [5.41, 5.74) is 1.02. The van der Waals surface area contributed by atoms with Crippen molar-refractivity contribution in [1.82, 2.24) is 9.88 Å². The summed E-state index contributed by atoms with van der Waals surface area (Å²) in [5.74, 6) is 0.589. The third kappa shape index (κ3) is 4.08. The first kappa shape index (κ1) is 15.1. The van der Waals surface area contributed by atoms with Gasteiger partial charge in [-0.2, -0.15) is 0 Å². The van der Waals surface area contributed by atoms with Crippen LogP contribution in [0.4, 0.5) is 10.6 Å². The van der Waals surface area contributed by atoms with Gasteiger partial charge in [0.25, 0.3) is 0 Å². The van der Waals surface area contributed by atoms with Crippen LogP contribution in [-0.4, -0.2) is 60.3 Å². The summed E-state index contributed by atoms with van der Waals surface area (Å²) in [4.78, 5) is 29.8. The van der Waals surface area contributed by atoms with Gasteiger partial charge in [-0.05, 0) is 24.1 Å². The SMILES string of the molecule is COC(=O)CCc1ccnc(N2CCN(C(=O)O)CC2)c1. The van der Waals surface area contributed by atoms with Crippen LogP contribution in [0.5, 0.6) is 0 Å². The molecule has 1 aromatic rings. The van der Waals surface area contributed by atoms with Gasteiger partial charge in [-0.15, -0.1) is 0 Å². The predicted octanol–water partition coefficient (Wildman–Crippen LogP) is 0.987. The van der Waals surface area contributed by atoms with Crippen LogP contribution < -0.4 is 4.90 Å². The maximum Gasteiger partial charge on any atom is 0.407 e. The van der Waals surface area contributed by atoms with Crippen molar-refractivity contribution in [3.63, 3.8) is 0 Å². The zero-order valence-electron chi connectivity index (χ0n) is 12.0. The maximum atomic E-state index is 11.2. The van der Waals surface area contributed by atoms with Crippen LogP contribution in [0.1, 0.15) is 12.0 Å². The number of hydrogen-bond acceptors (Lipinski definition) is 5. The first-order valence-corrected chi connectivity index (χ1v) is 6.84. The van der Waals surface area contributed by atoms with E-state index in [9.17, 15) is 9.59 Å². The van der Waals surface area contributed by atoms with Crippen LogP contribution >= 0.6 is 0 Å². The summed E-state index contributed by atoms with van der Waals surface area (Å²) < 4.78 is 4.63. The molecule has 1 fully saturated rings. The summed E-state index contributed by atoms with van der Waals surface area (Å²) in [6.07, 6.45) is 1.78. The Morgan fingerprint density at radius 2 is 2.05 bits per heavy atom. The Morgan fingerprint density at radius 1 is 1.33 bits per heavy atom. The van der Waals surface area contributed by atoms with Crippen molar-refractivity contribution in [1.29, 1.82) is 0 Å². The molecule has 0 spiro atoms. The second-order valence-corrected chi connectivity index (χ2v) is 4.86. The highest BCUT2D eigenvalue weighted by Gasteiger charge is 2.21. The van der Waals surface area contributed by atoms with Gasteiger partial charge in [0.1, 0.15) is 5.82 Å². The molecule has 0 aliphatic carbocycles. The minimum atomic E-state index is -0.880. The number of piperazine rings is 1. The molecule has 1 aliphatic rings. The third-order valence-corrected chi connectivity index (χ3v) is 3.53. The number of carboxylic acid groups (broad SMARTS) is 1. The number of nitrogens with zero attached hydrogens (tertiary/aromatic N) is 3. The molecule has 1 N–H and O–H groups in total. The molecule has 1 aliphatic heterocycles. The van der Waals surface area contributed by atoms with Crippen molar-refractivity contribution >= 4 is 17.9 Å². The van der Waals surface area contributed by atoms with E-state index in [2.05, 4.69) is 14.6 Å². The zero-order valence-corrected chi connectivity index (χ0v) is 12.0. The Bertz CT molecular complexity index is 513. The number of carbonyl (C=O) groups excluding carboxylic acids is 1. The molecule has 7 heteroatoms. The second kappa shape index (κ2) is 6.92. The van der Waals surface area contributed by atoms with Crippen molar-refractivity contribution in [3.8, 4) is 0 Å². The summed E-state index contributed by atoms with van der Waals surface area (Å²) >= 11 is 0. The number of amides is 1. The zero-order chi connectivity index (χ0) is 15.2. The first-order valence-electron chi connectivity index (χ1n) is 6.84. The van der Waals surface area contributed by atoms with Gasteiger partial charge in [0.2, 0.25) is 0 Å². The lowest BCUT2D eigenvalue weighted by Gasteiger charge is -2.33. The lowest BCUT2D eigenvalue weighted by Crippen LogP contribution is -2.48. The summed E-state index contributed by atoms with van der Waals surface area (Å²) in [7, 11) is 1.38. The van der Waals surface area contributed by atoms with Gasteiger partial charge in [-0.1, -0.05) is 0 Å². The molecular formula is C14H19N3O4. The number of aromatic nitrogens is 1. The van der Waals surface area contributed by atoms with Crippen molar-refractivity contribution in [3.05, 3.63) is 23.9 Å². The average molecular weight is 293 g/mol. The van der Waals surface area contributed by atoms with Gasteiger partial charge in [-0.25, -0.2) is 9.78 Å². The highest BCUT2D eigenvalue weighted by atomic mass is 16.5. The van der Waals surface area contributed by atoms with E-state index < -0.39 is 6.09 Å². The smallest absolute Gasteiger partial charge is 0.407 e. The molecule has 2 heterocycles. The summed E-state index contributed by atoms with van der Waals surface area (Å²) in [6.45, 7) is 2.20. The first-order chi connectivity index (χ1) is 10.1. The van der Waals surface area contributed by atoms with E-state index in [1.807, 2.05) is 12.1 Å². The van der Waals surface area contributed by atoms with Crippen LogP contribution in [0.3, 0.4) is 0 Å². The van der Waals surface area contributed by atoms with Gasteiger partial charge in [-0.3, -0.25) is 4.79 Å². The molecule has 0 bridgehead atoms. The van der Waals surface area contributed by atoms with Crippen LogP contribution in [0.2, 0.25) is 0 Å². The monoisotopic (exact) mass is 293 g/mol. The molecule has 0 atom stereocenters. The number of rotatable bonds is 4. The molecule has 0 radical (unpaired) electrons. The van der Waals surface area contributed by atoms with Crippen LogP contribution in [-0.2, 0) is 16.0 Å². The fourth-order valence-corrected chi connectivity index (χ4v) is 2.26. The van der Waals surface area contributed by atoms with Crippen molar-refractivity contribution in [2.24, 2.45) is 0 Å². The number of ether oxygens (including phenoxy) is 1. The quantitative estimate of drug-likeness (QED) is 0.833. The highest BCUT2D eigenvalue weighted by Crippen LogP contribution is 2.16. The molecule has 0 saturated carbocycles. The molecule has 1 aromatic heterocycles. The fourth-order valence-electron chi connectivity index (χ4n) is 2.26. The maximum absolute atomic E-state index is 11.2. The van der Waals surface area contributed by atoms with Crippen LogP contribution in [0.15, 0.2) is 18.3 Å². The van der Waals surface area contributed by atoms with E-state index in [0.717, 1.165) is 11.4 Å². The lowest BCUT2D eigenvalue weighted by molar-refractivity contribution is -0.140. The molecule has 114 valence electrons. The minimum absolute atomic E-state index is 0.233. The van der Waals surface area contributed by atoms with Crippen LogP contribution in [0, 0.1) is 0 Å². The number of aryl methyl sites for hydroxylation is 1. The van der Waals surface area contributed by atoms with E-state index in [-0.39, 0.29) is 5.97 Å². The van der Waals surface area contributed by atoms with E-state index in [1.54, 1.807) is 6.20 Å². The molecule has 0 unspecified atom stereocenters. The third-order valence-electron chi connectivity index (χ3n) is 3.53. The van der Waals surface area contributed by atoms with Crippen molar-refractivity contribution < 1.29 is 19.4 Å². The number of methoxy groups -OCH3 is 1. The number of pyridine rings is 1. The van der Waals surface area contributed by atoms with E-state index in [1.165, 1.54) is 12.0 Å². The Balaban J connectivity index is 1.95. The molecule has 1 saturated heterocycles. The Hall–Kier alpha value is -2.31. The number of anilines is 1. The Labute approximate surface area is 123 Å². The Kier molecular flexibility index (Phi) is 4.97. The van der Waals surface area contributed by atoms with Gasteiger partial charge in [0.05, 0.1) is 7.11 Å². The normalized spacial score (nSPS) is 14.9. The van der Waals surface area contributed by atoms with Gasteiger partial charge in [0, 0.05) is 38.8 Å². The van der Waals surface area contributed by atoms with Gasteiger partial charge >= 0.3 is 12.1 Å². The summed E-state index contributed by atoms with van der Waals surface area (Å²) in [5, 5.41) is 8.93. The largest absolute Gasteiger partial charge is 0.469 e. The number of carbonyl (C=O) groups is 2. The Morgan fingerprint density at radius 3 is 2.67 bits per heavy atom. The number of esters is 1. The lowest BCUT2D eigenvalue weighted by atomic mass is 10.1. The van der Waals surface area contributed by atoms with E-state index in [4.69, 9.17) is 5.11 Å². The molecule has 21 heavy (non-hydrogen) atoms. The van der Waals surface area contributed by atoms with Crippen molar-refractivity contribution in [2.45, 2.75) is 12.8 Å². The highest BCUT2D eigenvalue weighted by molar-refractivity contribution is 5.69. The molecule has 0 aromatic carbocycles. The predicted molar refractivity (Wildman–Crippen MR) is 76.4 cm³/mol. The minimum Gasteiger partial charge on any atom is -0.469 e.